The summed E-state index contributed by atoms with van der Waals surface area (Å²) in [7, 11) is 0. The van der Waals surface area contributed by atoms with E-state index in [1.165, 1.54) is 0 Å². The minimum absolute atomic E-state index is 0.0557. The first-order valence-corrected chi connectivity index (χ1v) is 10.1. The Kier molecular flexibility index (Phi) is 7.09. The first-order valence-electron chi connectivity index (χ1n) is 8.66. The molecule has 8 heteroatoms. The largest absolute Gasteiger partial charge is 0.350 e. The first-order chi connectivity index (χ1) is 13.1. The molecule has 1 aromatic carbocycles. The van der Waals surface area contributed by atoms with Gasteiger partial charge in [-0.2, -0.15) is 0 Å². The highest BCUT2D eigenvalue weighted by Gasteiger charge is 2.27. The zero-order valence-corrected chi connectivity index (χ0v) is 16.2. The molecule has 1 aromatic heterocycles. The monoisotopic (exact) mass is 404 g/mol. The molecule has 2 amide bonds. The zero-order valence-electron chi connectivity index (χ0n) is 14.7. The number of nitrogens with zero attached hydrogens (tertiary/aromatic N) is 1. The van der Waals surface area contributed by atoms with Gasteiger partial charge in [-0.1, -0.05) is 29.8 Å². The molecular formula is C19H21ClN4O2S. The summed E-state index contributed by atoms with van der Waals surface area (Å²) in [5, 5.41) is 9.76. The number of pyridine rings is 1. The van der Waals surface area contributed by atoms with Crippen molar-refractivity contribution in [2.24, 2.45) is 0 Å². The first kappa shape index (κ1) is 19.7. The van der Waals surface area contributed by atoms with Crippen molar-refractivity contribution < 1.29 is 9.59 Å². The fourth-order valence-electron chi connectivity index (χ4n) is 2.76. The molecule has 0 bridgehead atoms. The lowest BCUT2D eigenvalue weighted by atomic mass is 10.1. The highest BCUT2D eigenvalue weighted by Crippen LogP contribution is 2.20. The molecule has 1 fully saturated rings. The number of halogens is 1. The van der Waals surface area contributed by atoms with Crippen LogP contribution in [0.4, 0.5) is 0 Å². The molecule has 2 atom stereocenters. The van der Waals surface area contributed by atoms with Crippen LogP contribution in [0.5, 0.6) is 0 Å². The smallest absolute Gasteiger partial charge is 0.223 e. The van der Waals surface area contributed by atoms with Gasteiger partial charge < -0.3 is 10.6 Å². The van der Waals surface area contributed by atoms with E-state index in [1.54, 1.807) is 18.0 Å². The van der Waals surface area contributed by atoms with Crippen LogP contribution < -0.4 is 16.0 Å². The third-order valence-corrected chi connectivity index (χ3v) is 5.36. The van der Waals surface area contributed by atoms with Crippen molar-refractivity contribution in [3.8, 4) is 0 Å². The van der Waals surface area contributed by atoms with Gasteiger partial charge in [0, 0.05) is 35.9 Å². The summed E-state index contributed by atoms with van der Waals surface area (Å²) in [4.78, 5) is 28.3. The maximum Gasteiger partial charge on any atom is 0.223 e. The van der Waals surface area contributed by atoms with E-state index in [0.29, 0.717) is 17.3 Å². The summed E-state index contributed by atoms with van der Waals surface area (Å²) in [6.45, 7) is 0.380. The molecule has 2 aromatic rings. The molecule has 3 N–H and O–H groups in total. The topological polar surface area (TPSA) is 83.1 Å². The van der Waals surface area contributed by atoms with Crippen molar-refractivity contribution in [2.45, 2.75) is 36.7 Å². The number of amides is 2. The van der Waals surface area contributed by atoms with Gasteiger partial charge in [-0.25, -0.2) is 0 Å². The van der Waals surface area contributed by atoms with Crippen molar-refractivity contribution in [1.29, 1.82) is 0 Å². The van der Waals surface area contributed by atoms with E-state index < -0.39 is 0 Å². The average Bonchev–Trinajstić information content (AvgIpc) is 2.65. The van der Waals surface area contributed by atoms with Gasteiger partial charge in [-0.3, -0.25) is 19.9 Å². The van der Waals surface area contributed by atoms with Gasteiger partial charge in [0.2, 0.25) is 11.8 Å². The zero-order chi connectivity index (χ0) is 19.1. The van der Waals surface area contributed by atoms with Crippen molar-refractivity contribution >= 4 is 35.2 Å². The third-order valence-electron chi connectivity index (χ3n) is 4.04. The number of nitrogens with one attached hydrogen (secondary N) is 3. The number of rotatable bonds is 7. The van der Waals surface area contributed by atoms with Crippen LogP contribution in [-0.4, -0.2) is 28.3 Å². The molecule has 27 heavy (non-hydrogen) atoms. The Morgan fingerprint density at radius 1 is 1.30 bits per heavy atom. The second kappa shape index (κ2) is 9.73. The van der Waals surface area contributed by atoms with E-state index in [1.807, 2.05) is 42.5 Å². The molecule has 1 aliphatic rings. The van der Waals surface area contributed by atoms with E-state index in [0.717, 1.165) is 11.3 Å². The lowest BCUT2D eigenvalue weighted by molar-refractivity contribution is -0.125. The fraction of sp³-hybridized carbons (Fsp3) is 0.316. The predicted octanol–water partition coefficient (Wildman–Crippen LogP) is 2.44. The van der Waals surface area contributed by atoms with Crippen LogP contribution >= 0.6 is 23.4 Å². The van der Waals surface area contributed by atoms with Crippen LogP contribution in [0.3, 0.4) is 0 Å². The molecule has 0 aliphatic carbocycles. The molecule has 1 aliphatic heterocycles. The Hall–Kier alpha value is -2.09. The summed E-state index contributed by atoms with van der Waals surface area (Å²) < 4.78 is 0. The Bertz CT molecular complexity index is 790. The van der Waals surface area contributed by atoms with E-state index in [2.05, 4.69) is 20.9 Å². The highest BCUT2D eigenvalue weighted by atomic mass is 35.5. The van der Waals surface area contributed by atoms with Gasteiger partial charge in [0.05, 0.1) is 12.2 Å². The number of aromatic nitrogens is 1. The lowest BCUT2D eigenvalue weighted by Crippen LogP contribution is -2.55. The van der Waals surface area contributed by atoms with E-state index in [9.17, 15) is 9.59 Å². The van der Waals surface area contributed by atoms with Crippen LogP contribution in [0.2, 0.25) is 5.02 Å². The molecule has 6 nitrogen and oxygen atoms in total. The van der Waals surface area contributed by atoms with Gasteiger partial charge in [-0.05, 0) is 29.8 Å². The summed E-state index contributed by atoms with van der Waals surface area (Å²) >= 11 is 7.56. The molecular weight excluding hydrogens is 384 g/mol. The van der Waals surface area contributed by atoms with Crippen molar-refractivity contribution in [3.05, 3.63) is 64.9 Å². The molecule has 0 saturated carbocycles. The van der Waals surface area contributed by atoms with Crippen LogP contribution in [0, 0.1) is 0 Å². The average molecular weight is 405 g/mol. The normalized spacial score (nSPS) is 19.4. The Morgan fingerprint density at radius 3 is 2.96 bits per heavy atom. The van der Waals surface area contributed by atoms with E-state index >= 15 is 0 Å². The minimum Gasteiger partial charge on any atom is -0.350 e. The van der Waals surface area contributed by atoms with E-state index in [-0.39, 0.29) is 36.2 Å². The number of carbonyl (C=O) groups is 2. The summed E-state index contributed by atoms with van der Waals surface area (Å²) in [5.74, 6) is 0.545. The molecule has 3 rings (SSSR count). The highest BCUT2D eigenvalue weighted by molar-refractivity contribution is 7.99. The van der Waals surface area contributed by atoms with Crippen LogP contribution in [-0.2, 0) is 21.9 Å². The van der Waals surface area contributed by atoms with Gasteiger partial charge >= 0.3 is 0 Å². The maximum absolute atomic E-state index is 12.2. The third kappa shape index (κ3) is 6.53. The minimum atomic E-state index is -0.237. The molecule has 142 valence electrons. The van der Waals surface area contributed by atoms with Crippen LogP contribution in [0.15, 0.2) is 48.7 Å². The molecule has 0 spiro atoms. The number of benzene rings is 1. The fourth-order valence-corrected chi connectivity index (χ4v) is 4.01. The van der Waals surface area contributed by atoms with Crippen LogP contribution in [0.1, 0.15) is 24.1 Å². The molecule has 1 saturated heterocycles. The summed E-state index contributed by atoms with van der Waals surface area (Å²) in [6.07, 6.45) is 2.22. The second-order valence-electron chi connectivity index (χ2n) is 6.26. The van der Waals surface area contributed by atoms with Crippen LogP contribution in [0.25, 0.3) is 0 Å². The standard InChI is InChI=1S/C19H21ClN4O2S/c20-14-5-3-4-13(8-14)12-27-19-23-16(10-18(26)24-19)9-17(25)22-11-15-6-1-2-7-21-15/h1-8,16,19,23H,9-12H2,(H,22,25)(H,24,26). The van der Waals surface area contributed by atoms with Gasteiger partial charge in [0.1, 0.15) is 5.50 Å². The number of thioether (sulfide) groups is 1. The molecule has 0 radical (unpaired) electrons. The quantitative estimate of drug-likeness (QED) is 0.660. The van der Waals surface area contributed by atoms with Crippen molar-refractivity contribution in [1.82, 2.24) is 20.9 Å². The van der Waals surface area contributed by atoms with Crippen molar-refractivity contribution in [3.63, 3.8) is 0 Å². The second-order valence-corrected chi connectivity index (χ2v) is 7.79. The summed E-state index contributed by atoms with van der Waals surface area (Å²) in [5.41, 5.74) is 1.65. The Balaban J connectivity index is 1.46. The number of carbonyl (C=O) groups excluding carboxylic acids is 2. The maximum atomic E-state index is 12.2. The Labute approximate surface area is 167 Å². The van der Waals surface area contributed by atoms with Gasteiger partial charge in [-0.15, -0.1) is 11.8 Å². The molecule has 2 heterocycles. The Morgan fingerprint density at radius 2 is 2.19 bits per heavy atom. The van der Waals surface area contributed by atoms with Gasteiger partial charge in [0.25, 0.3) is 0 Å². The number of hydrogen-bond acceptors (Lipinski definition) is 5. The van der Waals surface area contributed by atoms with Gasteiger partial charge in [0.15, 0.2) is 0 Å². The summed E-state index contributed by atoms with van der Waals surface area (Å²) in [6, 6.07) is 13.0. The molecule has 2 unspecified atom stereocenters. The SMILES string of the molecule is O=C(CC1CC(=O)NC(SCc2cccc(Cl)c2)N1)NCc1ccccn1. The predicted molar refractivity (Wildman–Crippen MR) is 107 cm³/mol. The lowest BCUT2D eigenvalue weighted by Gasteiger charge is -2.31. The van der Waals surface area contributed by atoms with Crippen molar-refractivity contribution in [2.75, 3.05) is 0 Å². The van der Waals surface area contributed by atoms with E-state index in [4.69, 9.17) is 11.6 Å². The number of hydrogen-bond donors (Lipinski definition) is 3.